The van der Waals surface area contributed by atoms with Crippen LogP contribution in [0.2, 0.25) is 0 Å². The summed E-state index contributed by atoms with van der Waals surface area (Å²) in [7, 11) is 0. The van der Waals surface area contributed by atoms with Gasteiger partial charge < -0.3 is 14.8 Å². The Labute approximate surface area is 166 Å². The van der Waals surface area contributed by atoms with Gasteiger partial charge in [-0.3, -0.25) is 9.78 Å². The Bertz CT molecular complexity index is 831. The fraction of sp³-hybridized carbons (Fsp3) is 0.478. The summed E-state index contributed by atoms with van der Waals surface area (Å²) in [5, 5.41) is 3.31. The Kier molecular flexibility index (Phi) is 5.47. The molecule has 0 radical (unpaired) electrons. The number of amides is 1. The first-order valence-corrected chi connectivity index (χ1v) is 10.2. The van der Waals surface area contributed by atoms with Gasteiger partial charge in [-0.15, -0.1) is 0 Å². The summed E-state index contributed by atoms with van der Waals surface area (Å²) in [5.74, 6) is -0.0129. The minimum absolute atomic E-state index is 0.0103. The predicted molar refractivity (Wildman–Crippen MR) is 108 cm³/mol. The van der Waals surface area contributed by atoms with Crippen LogP contribution in [0.25, 0.3) is 11.3 Å². The zero-order valence-electron chi connectivity index (χ0n) is 16.6. The van der Waals surface area contributed by atoms with Gasteiger partial charge in [-0.25, -0.2) is 0 Å². The van der Waals surface area contributed by atoms with Crippen LogP contribution in [0.4, 0.5) is 0 Å². The standard InChI is InChI=1S/C23H28N2O3/c1-3-28-21-15-20(23(21)10-13-27-14-11-23)25-22(26)18-8-6-7-17(16(18)2)19-9-4-5-12-24-19/h4-9,12,20-21H,3,10-11,13-15H2,1-2H3,(H,25,26)/t20-,21+/m0/s1. The van der Waals surface area contributed by atoms with Crippen molar-refractivity contribution in [2.75, 3.05) is 19.8 Å². The molecular formula is C23H28N2O3. The molecule has 1 aromatic heterocycles. The molecule has 0 bridgehead atoms. The summed E-state index contributed by atoms with van der Waals surface area (Å²) in [5.41, 5.74) is 3.56. The molecule has 1 amide bonds. The second kappa shape index (κ2) is 8.02. The van der Waals surface area contributed by atoms with E-state index in [1.807, 2.05) is 50.2 Å². The summed E-state index contributed by atoms with van der Waals surface area (Å²) in [4.78, 5) is 17.6. The van der Waals surface area contributed by atoms with Crippen molar-refractivity contribution in [3.8, 4) is 11.3 Å². The second-order valence-electron chi connectivity index (χ2n) is 7.74. The fourth-order valence-electron chi connectivity index (χ4n) is 4.72. The molecule has 5 nitrogen and oxygen atoms in total. The van der Waals surface area contributed by atoms with E-state index in [1.54, 1.807) is 6.20 Å². The highest BCUT2D eigenvalue weighted by Crippen LogP contribution is 2.50. The third-order valence-electron chi connectivity index (χ3n) is 6.40. The first-order valence-electron chi connectivity index (χ1n) is 10.2. The lowest BCUT2D eigenvalue weighted by Crippen LogP contribution is -2.66. The maximum atomic E-state index is 13.1. The highest BCUT2D eigenvalue weighted by atomic mass is 16.5. The first-order chi connectivity index (χ1) is 13.7. The summed E-state index contributed by atoms with van der Waals surface area (Å²) >= 11 is 0. The van der Waals surface area contributed by atoms with Gasteiger partial charge in [0.05, 0.1) is 11.8 Å². The molecular weight excluding hydrogens is 352 g/mol. The number of rotatable bonds is 5. The Morgan fingerprint density at radius 1 is 1.25 bits per heavy atom. The molecule has 2 aliphatic rings. The van der Waals surface area contributed by atoms with E-state index < -0.39 is 0 Å². The molecule has 2 atom stereocenters. The van der Waals surface area contributed by atoms with E-state index in [1.165, 1.54) is 0 Å². The Balaban J connectivity index is 1.54. The number of hydrogen-bond donors (Lipinski definition) is 1. The minimum atomic E-state index is -0.0129. The van der Waals surface area contributed by atoms with Gasteiger partial charge in [0.15, 0.2) is 0 Å². The van der Waals surface area contributed by atoms with Gasteiger partial charge >= 0.3 is 0 Å². The third-order valence-corrected chi connectivity index (χ3v) is 6.40. The van der Waals surface area contributed by atoms with Gasteiger partial charge in [0.25, 0.3) is 5.91 Å². The van der Waals surface area contributed by atoms with Crippen molar-refractivity contribution in [2.24, 2.45) is 5.41 Å². The lowest BCUT2D eigenvalue weighted by atomic mass is 9.57. The highest BCUT2D eigenvalue weighted by molar-refractivity contribution is 5.97. The fourth-order valence-corrected chi connectivity index (χ4v) is 4.72. The molecule has 4 rings (SSSR count). The molecule has 1 N–H and O–H groups in total. The van der Waals surface area contributed by atoms with Crippen molar-refractivity contribution in [3.63, 3.8) is 0 Å². The first kappa shape index (κ1) is 19.1. The van der Waals surface area contributed by atoms with Gasteiger partial charge in [-0.1, -0.05) is 18.2 Å². The van der Waals surface area contributed by atoms with Crippen molar-refractivity contribution in [1.82, 2.24) is 10.3 Å². The highest BCUT2D eigenvalue weighted by Gasteiger charge is 2.56. The van der Waals surface area contributed by atoms with Crippen molar-refractivity contribution in [3.05, 3.63) is 53.7 Å². The number of pyridine rings is 1. The summed E-state index contributed by atoms with van der Waals surface area (Å²) in [6.45, 7) is 6.21. The molecule has 28 heavy (non-hydrogen) atoms. The lowest BCUT2D eigenvalue weighted by molar-refractivity contribution is -0.170. The van der Waals surface area contributed by atoms with Crippen LogP contribution in [-0.4, -0.2) is 42.9 Å². The van der Waals surface area contributed by atoms with E-state index in [9.17, 15) is 4.79 Å². The second-order valence-corrected chi connectivity index (χ2v) is 7.74. The quantitative estimate of drug-likeness (QED) is 0.858. The van der Waals surface area contributed by atoms with Gasteiger partial charge in [0.1, 0.15) is 0 Å². The molecule has 148 valence electrons. The molecule has 1 spiro atoms. The van der Waals surface area contributed by atoms with Crippen LogP contribution in [0.5, 0.6) is 0 Å². The van der Waals surface area contributed by atoms with E-state index in [0.29, 0.717) is 12.2 Å². The lowest BCUT2D eigenvalue weighted by Gasteiger charge is -2.57. The maximum absolute atomic E-state index is 13.1. The molecule has 1 saturated heterocycles. The van der Waals surface area contributed by atoms with Crippen LogP contribution in [0, 0.1) is 12.3 Å². The normalized spacial score (nSPS) is 23.2. The van der Waals surface area contributed by atoms with E-state index in [0.717, 1.165) is 49.3 Å². The van der Waals surface area contributed by atoms with Crippen LogP contribution in [-0.2, 0) is 9.47 Å². The molecule has 1 aromatic carbocycles. The van der Waals surface area contributed by atoms with Crippen LogP contribution in [0.15, 0.2) is 42.6 Å². The van der Waals surface area contributed by atoms with Gasteiger partial charge in [-0.2, -0.15) is 0 Å². The monoisotopic (exact) mass is 380 g/mol. The predicted octanol–water partition coefficient (Wildman–Crippen LogP) is 3.76. The van der Waals surface area contributed by atoms with E-state index >= 15 is 0 Å². The molecule has 2 fully saturated rings. The molecule has 1 aliphatic heterocycles. The van der Waals surface area contributed by atoms with E-state index in [-0.39, 0.29) is 23.5 Å². The van der Waals surface area contributed by atoms with E-state index in [4.69, 9.17) is 9.47 Å². The summed E-state index contributed by atoms with van der Waals surface area (Å²) in [6.07, 6.45) is 4.75. The summed E-state index contributed by atoms with van der Waals surface area (Å²) in [6, 6.07) is 11.8. The van der Waals surface area contributed by atoms with Crippen molar-refractivity contribution >= 4 is 5.91 Å². The third kappa shape index (κ3) is 3.33. The molecule has 1 aliphatic carbocycles. The zero-order valence-corrected chi connectivity index (χ0v) is 16.6. The molecule has 5 heteroatoms. The Hall–Kier alpha value is -2.24. The molecule has 1 saturated carbocycles. The van der Waals surface area contributed by atoms with Crippen LogP contribution in [0.1, 0.15) is 42.1 Å². The number of ether oxygens (including phenoxy) is 2. The maximum Gasteiger partial charge on any atom is 0.251 e. The number of aromatic nitrogens is 1. The number of carbonyl (C=O) groups excluding carboxylic acids is 1. The van der Waals surface area contributed by atoms with Gasteiger partial charge in [0, 0.05) is 48.6 Å². The van der Waals surface area contributed by atoms with Gasteiger partial charge in [-0.05, 0) is 56.9 Å². The average molecular weight is 380 g/mol. The van der Waals surface area contributed by atoms with Crippen molar-refractivity contribution in [2.45, 2.75) is 45.3 Å². The Morgan fingerprint density at radius 3 is 2.79 bits per heavy atom. The van der Waals surface area contributed by atoms with Crippen molar-refractivity contribution in [1.29, 1.82) is 0 Å². The smallest absolute Gasteiger partial charge is 0.251 e. The van der Waals surface area contributed by atoms with E-state index in [2.05, 4.69) is 10.3 Å². The van der Waals surface area contributed by atoms with Crippen molar-refractivity contribution < 1.29 is 14.3 Å². The van der Waals surface area contributed by atoms with Crippen LogP contribution >= 0.6 is 0 Å². The minimum Gasteiger partial charge on any atom is -0.381 e. The molecule has 2 heterocycles. The SMILES string of the molecule is CCO[C@@H]1C[C@H](NC(=O)c2cccc(-c3ccccn3)c2C)C12CCOCC2. The summed E-state index contributed by atoms with van der Waals surface area (Å²) < 4.78 is 11.5. The number of nitrogens with zero attached hydrogens (tertiary/aromatic N) is 1. The molecule has 2 aromatic rings. The largest absolute Gasteiger partial charge is 0.381 e. The van der Waals surface area contributed by atoms with Crippen LogP contribution < -0.4 is 5.32 Å². The molecule has 0 unspecified atom stereocenters. The van der Waals surface area contributed by atoms with Gasteiger partial charge in [0.2, 0.25) is 0 Å². The van der Waals surface area contributed by atoms with Crippen LogP contribution in [0.3, 0.4) is 0 Å². The number of hydrogen-bond acceptors (Lipinski definition) is 4. The average Bonchev–Trinajstić information content (AvgIpc) is 2.74. The zero-order chi connectivity index (χ0) is 19.6. The topological polar surface area (TPSA) is 60.5 Å². The Morgan fingerprint density at radius 2 is 2.07 bits per heavy atom. The number of carbonyl (C=O) groups is 1. The number of benzene rings is 1. The number of nitrogens with one attached hydrogen (secondary N) is 1.